The molecule has 0 bridgehead atoms. The average molecular weight is 275 g/mol. The number of hydrogen-bond acceptors (Lipinski definition) is 5. The van der Waals surface area contributed by atoms with Crippen molar-refractivity contribution in [2.75, 3.05) is 13.2 Å². The molecule has 8 heteroatoms. The van der Waals surface area contributed by atoms with Gasteiger partial charge in [0.2, 0.25) is 11.8 Å². The van der Waals surface area contributed by atoms with Crippen LogP contribution < -0.4 is 16.5 Å². The zero-order chi connectivity index (χ0) is 14.8. The molecule has 0 spiro atoms. The van der Waals surface area contributed by atoms with Gasteiger partial charge in [-0.15, -0.1) is 0 Å². The molecule has 0 rings (SSSR count). The molecular weight excluding hydrogens is 254 g/mol. The Morgan fingerprint density at radius 3 is 2.26 bits per heavy atom. The molecule has 0 unspecified atom stereocenters. The Morgan fingerprint density at radius 1 is 1.21 bits per heavy atom. The predicted octanol–water partition coefficient (Wildman–Crippen LogP) is -1.00. The van der Waals surface area contributed by atoms with E-state index in [0.717, 1.165) is 0 Å². The van der Waals surface area contributed by atoms with Gasteiger partial charge in [0.1, 0.15) is 6.04 Å². The number of rotatable bonds is 9. The van der Waals surface area contributed by atoms with Crippen LogP contribution in [0.15, 0.2) is 0 Å². The van der Waals surface area contributed by atoms with Crippen LogP contribution in [0.3, 0.4) is 0 Å². The largest absolute Gasteiger partial charge is 0.480 e. The van der Waals surface area contributed by atoms with E-state index in [1.165, 1.54) is 0 Å². The van der Waals surface area contributed by atoms with Crippen molar-refractivity contribution in [3.05, 3.63) is 0 Å². The van der Waals surface area contributed by atoms with E-state index in [1.807, 2.05) is 0 Å². The fourth-order valence-corrected chi connectivity index (χ4v) is 1.32. The van der Waals surface area contributed by atoms with Crippen LogP contribution in [0.2, 0.25) is 0 Å². The van der Waals surface area contributed by atoms with E-state index in [1.54, 1.807) is 13.8 Å². The van der Waals surface area contributed by atoms with Gasteiger partial charge in [0.05, 0.1) is 6.61 Å². The summed E-state index contributed by atoms with van der Waals surface area (Å²) in [5.74, 6) is 2.68. The van der Waals surface area contributed by atoms with Crippen LogP contribution >= 0.6 is 0 Å². The highest BCUT2D eigenvalue weighted by molar-refractivity contribution is 5.86. The highest BCUT2D eigenvalue weighted by Gasteiger charge is 2.23. The summed E-state index contributed by atoms with van der Waals surface area (Å²) in [6.45, 7) is 3.84. The predicted molar refractivity (Wildman–Crippen MR) is 66.8 cm³/mol. The van der Waals surface area contributed by atoms with E-state index >= 15 is 0 Å². The van der Waals surface area contributed by atoms with Gasteiger partial charge < -0.3 is 20.6 Å². The molecule has 0 aliphatic carbocycles. The molecule has 0 heterocycles. The Bertz CT molecular complexity index is 319. The van der Waals surface area contributed by atoms with Crippen LogP contribution in [0, 0.1) is 5.92 Å². The lowest BCUT2D eigenvalue weighted by molar-refractivity contribution is -0.143. The number of amides is 2. The van der Waals surface area contributed by atoms with Crippen molar-refractivity contribution in [1.29, 1.82) is 0 Å². The Labute approximate surface area is 111 Å². The molecule has 2 amide bonds. The van der Waals surface area contributed by atoms with E-state index < -0.39 is 17.9 Å². The molecule has 5 N–H and O–H groups in total. The molecule has 19 heavy (non-hydrogen) atoms. The van der Waals surface area contributed by atoms with Crippen LogP contribution in [-0.2, 0) is 19.2 Å². The molecule has 1 atom stereocenters. The standard InChI is InChI=1S/C11H21N3O5/c1-7(2)10(11(17)18)14-9(16)4-3-8(15)13-5-6-19-12/h7,10H,3-6,12H2,1-2H3,(H,13,15)(H,14,16)(H,17,18)/t10-/m0/s1. The number of carbonyl (C=O) groups is 3. The second-order valence-electron chi connectivity index (χ2n) is 4.35. The van der Waals surface area contributed by atoms with Gasteiger partial charge in [-0.05, 0) is 5.92 Å². The number of nitrogens with two attached hydrogens (primary N) is 1. The average Bonchev–Trinajstić information content (AvgIpc) is 2.33. The van der Waals surface area contributed by atoms with Crippen molar-refractivity contribution in [2.45, 2.75) is 32.7 Å². The topological polar surface area (TPSA) is 131 Å². The first-order valence-electron chi connectivity index (χ1n) is 5.99. The quantitative estimate of drug-likeness (QED) is 0.315. The molecule has 0 saturated carbocycles. The van der Waals surface area contributed by atoms with Gasteiger partial charge in [0.15, 0.2) is 0 Å². The normalized spacial score (nSPS) is 12.0. The summed E-state index contributed by atoms with van der Waals surface area (Å²) < 4.78 is 0. The molecule has 8 nitrogen and oxygen atoms in total. The summed E-state index contributed by atoms with van der Waals surface area (Å²) in [4.78, 5) is 37.9. The van der Waals surface area contributed by atoms with Crippen LogP contribution in [0.5, 0.6) is 0 Å². The van der Waals surface area contributed by atoms with E-state index in [0.29, 0.717) is 0 Å². The van der Waals surface area contributed by atoms with Gasteiger partial charge in [-0.25, -0.2) is 10.7 Å². The zero-order valence-electron chi connectivity index (χ0n) is 11.1. The summed E-state index contributed by atoms with van der Waals surface area (Å²) in [5.41, 5.74) is 0. The van der Waals surface area contributed by atoms with Crippen LogP contribution in [-0.4, -0.2) is 42.1 Å². The number of carboxylic acids is 1. The number of carboxylic acid groups (broad SMARTS) is 1. The van der Waals surface area contributed by atoms with Crippen molar-refractivity contribution < 1.29 is 24.3 Å². The molecular formula is C11H21N3O5. The Balaban J connectivity index is 3.97. The van der Waals surface area contributed by atoms with Crippen molar-refractivity contribution >= 4 is 17.8 Å². The van der Waals surface area contributed by atoms with Gasteiger partial charge in [-0.2, -0.15) is 0 Å². The first-order valence-corrected chi connectivity index (χ1v) is 5.99. The van der Waals surface area contributed by atoms with Crippen molar-refractivity contribution in [2.24, 2.45) is 11.8 Å². The van der Waals surface area contributed by atoms with Gasteiger partial charge in [-0.1, -0.05) is 13.8 Å². The van der Waals surface area contributed by atoms with Gasteiger partial charge in [0.25, 0.3) is 0 Å². The highest BCUT2D eigenvalue weighted by atomic mass is 16.6. The van der Waals surface area contributed by atoms with Crippen LogP contribution in [0.1, 0.15) is 26.7 Å². The summed E-state index contributed by atoms with van der Waals surface area (Å²) >= 11 is 0. The lowest BCUT2D eigenvalue weighted by atomic mass is 10.0. The molecule has 0 fully saturated rings. The van der Waals surface area contributed by atoms with E-state index in [4.69, 9.17) is 11.0 Å². The lowest BCUT2D eigenvalue weighted by Gasteiger charge is -2.17. The monoisotopic (exact) mass is 275 g/mol. The van der Waals surface area contributed by atoms with Crippen LogP contribution in [0.25, 0.3) is 0 Å². The minimum Gasteiger partial charge on any atom is -0.480 e. The number of carbonyl (C=O) groups excluding carboxylic acids is 2. The maximum atomic E-state index is 11.5. The van der Waals surface area contributed by atoms with Crippen molar-refractivity contribution in [3.8, 4) is 0 Å². The maximum absolute atomic E-state index is 11.5. The molecule has 0 saturated heterocycles. The van der Waals surface area contributed by atoms with E-state index in [2.05, 4.69) is 15.5 Å². The summed E-state index contributed by atoms with van der Waals surface area (Å²) in [6, 6.07) is -0.943. The number of nitrogens with one attached hydrogen (secondary N) is 2. The molecule has 0 aromatic heterocycles. The SMILES string of the molecule is CC(C)[C@H](NC(=O)CCC(=O)NCCON)C(=O)O. The van der Waals surface area contributed by atoms with Crippen molar-refractivity contribution in [3.63, 3.8) is 0 Å². The number of aliphatic carboxylic acids is 1. The van der Waals surface area contributed by atoms with E-state index in [-0.39, 0.29) is 37.8 Å². The van der Waals surface area contributed by atoms with Gasteiger partial charge in [0, 0.05) is 19.4 Å². The second-order valence-corrected chi connectivity index (χ2v) is 4.35. The fraction of sp³-hybridized carbons (Fsp3) is 0.727. The van der Waals surface area contributed by atoms with E-state index in [9.17, 15) is 14.4 Å². The smallest absolute Gasteiger partial charge is 0.326 e. The van der Waals surface area contributed by atoms with Crippen LogP contribution in [0.4, 0.5) is 0 Å². The first-order chi connectivity index (χ1) is 8.88. The molecule has 0 aliphatic rings. The van der Waals surface area contributed by atoms with Crippen molar-refractivity contribution in [1.82, 2.24) is 10.6 Å². The third-order valence-corrected chi connectivity index (χ3v) is 2.37. The number of hydrogen-bond donors (Lipinski definition) is 4. The minimum atomic E-state index is -1.09. The third kappa shape index (κ3) is 8.11. The maximum Gasteiger partial charge on any atom is 0.326 e. The summed E-state index contributed by atoms with van der Waals surface area (Å²) in [6.07, 6.45) is -0.0767. The Kier molecular flexibility index (Phi) is 8.47. The molecule has 0 radical (unpaired) electrons. The highest BCUT2D eigenvalue weighted by Crippen LogP contribution is 2.02. The minimum absolute atomic E-state index is 0.0131. The van der Waals surface area contributed by atoms with Gasteiger partial charge >= 0.3 is 5.97 Å². The third-order valence-electron chi connectivity index (χ3n) is 2.37. The fourth-order valence-electron chi connectivity index (χ4n) is 1.32. The molecule has 110 valence electrons. The molecule has 0 aromatic carbocycles. The molecule has 0 aromatic rings. The Hall–Kier alpha value is -1.67. The summed E-state index contributed by atoms with van der Waals surface area (Å²) in [5, 5.41) is 13.8. The summed E-state index contributed by atoms with van der Waals surface area (Å²) in [7, 11) is 0. The first kappa shape index (κ1) is 17.3. The Morgan fingerprint density at radius 2 is 1.79 bits per heavy atom. The molecule has 0 aliphatic heterocycles. The second kappa shape index (κ2) is 9.29. The zero-order valence-corrected chi connectivity index (χ0v) is 11.1. The van der Waals surface area contributed by atoms with Gasteiger partial charge in [-0.3, -0.25) is 9.59 Å². The lowest BCUT2D eigenvalue weighted by Crippen LogP contribution is -2.44.